The minimum absolute atomic E-state index is 0.925. The molecule has 0 N–H and O–H groups in total. The Hall–Kier alpha value is -1.96. The fourth-order valence-corrected chi connectivity index (χ4v) is 2.20. The summed E-state index contributed by atoms with van der Waals surface area (Å²) < 4.78 is 5.92. The SMILES string of the molecule is Cc1ccc2c(c1)N(C)c1cc(C)ccc1O2. The van der Waals surface area contributed by atoms with Gasteiger partial charge in [0.05, 0.1) is 11.4 Å². The van der Waals surface area contributed by atoms with Crippen molar-refractivity contribution in [2.24, 2.45) is 0 Å². The highest BCUT2D eigenvalue weighted by Crippen LogP contribution is 2.46. The number of hydrogen-bond acceptors (Lipinski definition) is 2. The molecule has 1 aliphatic heterocycles. The maximum absolute atomic E-state index is 5.92. The Labute approximate surface area is 101 Å². The van der Waals surface area contributed by atoms with Gasteiger partial charge in [0, 0.05) is 7.05 Å². The predicted octanol–water partition coefficient (Wildman–Crippen LogP) is 4.18. The van der Waals surface area contributed by atoms with E-state index < -0.39 is 0 Å². The van der Waals surface area contributed by atoms with E-state index in [4.69, 9.17) is 4.74 Å². The van der Waals surface area contributed by atoms with E-state index in [1.807, 2.05) is 12.1 Å². The number of ether oxygens (including phenoxy) is 1. The maximum atomic E-state index is 5.92. The molecule has 0 amide bonds. The second kappa shape index (κ2) is 3.52. The van der Waals surface area contributed by atoms with Gasteiger partial charge in [-0.3, -0.25) is 0 Å². The molecule has 86 valence electrons. The summed E-state index contributed by atoms with van der Waals surface area (Å²) in [5.74, 6) is 1.85. The average molecular weight is 225 g/mol. The summed E-state index contributed by atoms with van der Waals surface area (Å²) in [5.41, 5.74) is 4.75. The third-order valence-corrected chi connectivity index (χ3v) is 3.17. The Morgan fingerprint density at radius 1 is 0.824 bits per heavy atom. The van der Waals surface area contributed by atoms with Gasteiger partial charge in [-0.1, -0.05) is 12.1 Å². The first-order valence-corrected chi connectivity index (χ1v) is 5.78. The molecule has 0 bridgehead atoms. The van der Waals surface area contributed by atoms with Crippen molar-refractivity contribution in [1.82, 2.24) is 0 Å². The smallest absolute Gasteiger partial charge is 0.151 e. The molecule has 2 nitrogen and oxygen atoms in total. The fraction of sp³-hybridized carbons (Fsp3) is 0.200. The van der Waals surface area contributed by atoms with E-state index in [0.717, 1.165) is 22.9 Å². The van der Waals surface area contributed by atoms with E-state index in [1.165, 1.54) is 11.1 Å². The molecule has 0 atom stereocenters. The highest BCUT2D eigenvalue weighted by atomic mass is 16.5. The molecule has 1 aliphatic rings. The van der Waals surface area contributed by atoms with Gasteiger partial charge in [0.1, 0.15) is 0 Å². The molecular formula is C15H15NO. The van der Waals surface area contributed by atoms with Gasteiger partial charge in [-0.05, 0) is 49.2 Å². The molecule has 3 rings (SSSR count). The van der Waals surface area contributed by atoms with Gasteiger partial charge in [0.2, 0.25) is 0 Å². The summed E-state index contributed by atoms with van der Waals surface area (Å²) in [6, 6.07) is 12.5. The lowest BCUT2D eigenvalue weighted by Gasteiger charge is -2.30. The molecule has 0 saturated heterocycles. The second-order valence-electron chi connectivity index (χ2n) is 4.60. The van der Waals surface area contributed by atoms with Gasteiger partial charge in [0.15, 0.2) is 11.5 Å². The fourth-order valence-electron chi connectivity index (χ4n) is 2.20. The Morgan fingerprint density at radius 2 is 1.29 bits per heavy atom. The third kappa shape index (κ3) is 1.57. The van der Waals surface area contributed by atoms with Crippen molar-refractivity contribution in [2.75, 3.05) is 11.9 Å². The van der Waals surface area contributed by atoms with Gasteiger partial charge in [0.25, 0.3) is 0 Å². The number of anilines is 2. The van der Waals surface area contributed by atoms with Gasteiger partial charge >= 0.3 is 0 Å². The first-order chi connectivity index (χ1) is 8.15. The summed E-state index contributed by atoms with van der Waals surface area (Å²) in [7, 11) is 2.08. The van der Waals surface area contributed by atoms with Crippen LogP contribution in [0.4, 0.5) is 11.4 Å². The van der Waals surface area contributed by atoms with Gasteiger partial charge < -0.3 is 9.64 Å². The van der Waals surface area contributed by atoms with Crippen LogP contribution in [0.15, 0.2) is 36.4 Å². The van der Waals surface area contributed by atoms with E-state index >= 15 is 0 Å². The standard InChI is InChI=1S/C15H15NO/c1-10-4-6-14-12(8-10)16(3)13-9-11(2)5-7-15(13)17-14/h4-9H,1-3H3. The summed E-state index contributed by atoms with van der Waals surface area (Å²) in [6.07, 6.45) is 0. The van der Waals surface area contributed by atoms with Crippen molar-refractivity contribution < 1.29 is 4.74 Å². The number of nitrogens with zero attached hydrogens (tertiary/aromatic N) is 1. The van der Waals surface area contributed by atoms with Crippen molar-refractivity contribution >= 4 is 11.4 Å². The molecule has 2 heteroatoms. The Balaban J connectivity index is 2.18. The molecule has 0 radical (unpaired) electrons. The molecule has 0 spiro atoms. The van der Waals surface area contributed by atoms with Crippen LogP contribution in [-0.2, 0) is 0 Å². The quantitative estimate of drug-likeness (QED) is 0.667. The molecule has 0 fully saturated rings. The topological polar surface area (TPSA) is 12.5 Å². The zero-order valence-corrected chi connectivity index (χ0v) is 10.3. The van der Waals surface area contributed by atoms with Crippen LogP contribution in [0.1, 0.15) is 11.1 Å². The number of rotatable bonds is 0. The average Bonchev–Trinajstić information content (AvgIpc) is 2.32. The molecule has 0 aromatic heterocycles. The first kappa shape index (κ1) is 10.2. The molecule has 0 aliphatic carbocycles. The molecule has 0 saturated carbocycles. The van der Waals surface area contributed by atoms with E-state index in [9.17, 15) is 0 Å². The molecule has 17 heavy (non-hydrogen) atoms. The number of hydrogen-bond donors (Lipinski definition) is 0. The number of fused-ring (bicyclic) bond motifs is 2. The van der Waals surface area contributed by atoms with Crippen molar-refractivity contribution in [3.63, 3.8) is 0 Å². The Kier molecular flexibility index (Phi) is 2.11. The molecule has 1 heterocycles. The lowest BCUT2D eigenvalue weighted by Crippen LogP contribution is -2.15. The minimum atomic E-state index is 0.925. The zero-order valence-electron chi connectivity index (χ0n) is 10.3. The first-order valence-electron chi connectivity index (χ1n) is 5.78. The summed E-state index contributed by atoms with van der Waals surface area (Å²) in [6.45, 7) is 4.19. The van der Waals surface area contributed by atoms with Crippen LogP contribution in [-0.4, -0.2) is 7.05 Å². The summed E-state index contributed by atoms with van der Waals surface area (Å²) in [5, 5.41) is 0. The van der Waals surface area contributed by atoms with Crippen LogP contribution in [0, 0.1) is 13.8 Å². The van der Waals surface area contributed by atoms with Crippen molar-refractivity contribution in [3.05, 3.63) is 47.5 Å². The maximum Gasteiger partial charge on any atom is 0.151 e. The van der Waals surface area contributed by atoms with Gasteiger partial charge in [-0.15, -0.1) is 0 Å². The lowest BCUT2D eigenvalue weighted by molar-refractivity contribution is 0.475. The largest absolute Gasteiger partial charge is 0.453 e. The second-order valence-corrected chi connectivity index (χ2v) is 4.60. The molecule has 2 aromatic rings. The van der Waals surface area contributed by atoms with E-state index in [0.29, 0.717) is 0 Å². The highest BCUT2D eigenvalue weighted by Gasteiger charge is 2.21. The molecular weight excluding hydrogens is 210 g/mol. The van der Waals surface area contributed by atoms with E-state index in [2.05, 4.69) is 50.1 Å². The van der Waals surface area contributed by atoms with Crippen LogP contribution in [0.5, 0.6) is 11.5 Å². The Bertz CT molecular complexity index is 538. The predicted molar refractivity (Wildman–Crippen MR) is 70.5 cm³/mol. The molecule has 2 aromatic carbocycles. The normalized spacial score (nSPS) is 12.8. The number of benzene rings is 2. The van der Waals surface area contributed by atoms with Crippen LogP contribution < -0.4 is 9.64 Å². The van der Waals surface area contributed by atoms with Crippen LogP contribution >= 0.6 is 0 Å². The van der Waals surface area contributed by atoms with Crippen molar-refractivity contribution in [1.29, 1.82) is 0 Å². The zero-order chi connectivity index (χ0) is 12.0. The molecule has 0 unspecified atom stereocenters. The van der Waals surface area contributed by atoms with Crippen molar-refractivity contribution in [2.45, 2.75) is 13.8 Å². The minimum Gasteiger partial charge on any atom is -0.453 e. The van der Waals surface area contributed by atoms with Crippen LogP contribution in [0.2, 0.25) is 0 Å². The van der Waals surface area contributed by atoms with Gasteiger partial charge in [-0.2, -0.15) is 0 Å². The third-order valence-electron chi connectivity index (χ3n) is 3.17. The van der Waals surface area contributed by atoms with E-state index in [-0.39, 0.29) is 0 Å². The number of aryl methyl sites for hydroxylation is 2. The Morgan fingerprint density at radius 3 is 1.76 bits per heavy atom. The highest BCUT2D eigenvalue weighted by molar-refractivity contribution is 5.78. The van der Waals surface area contributed by atoms with Crippen LogP contribution in [0.25, 0.3) is 0 Å². The van der Waals surface area contributed by atoms with Crippen molar-refractivity contribution in [3.8, 4) is 11.5 Å². The lowest BCUT2D eigenvalue weighted by atomic mass is 10.1. The van der Waals surface area contributed by atoms with Gasteiger partial charge in [-0.25, -0.2) is 0 Å². The van der Waals surface area contributed by atoms with Crippen LogP contribution in [0.3, 0.4) is 0 Å². The monoisotopic (exact) mass is 225 g/mol. The summed E-state index contributed by atoms with van der Waals surface area (Å²) in [4.78, 5) is 2.19. The van der Waals surface area contributed by atoms with E-state index in [1.54, 1.807) is 0 Å². The summed E-state index contributed by atoms with van der Waals surface area (Å²) >= 11 is 0.